The van der Waals surface area contributed by atoms with Gasteiger partial charge in [0, 0.05) is 13.2 Å². The van der Waals surface area contributed by atoms with Crippen molar-refractivity contribution in [1.29, 1.82) is 0 Å². The molecule has 19 heavy (non-hydrogen) atoms. The molecule has 1 rings (SSSR count). The van der Waals surface area contributed by atoms with Crippen molar-refractivity contribution in [3.05, 3.63) is 29.8 Å². The molecule has 0 bridgehead atoms. The normalized spacial score (nSPS) is 13.2. The zero-order valence-corrected chi connectivity index (χ0v) is 11.4. The molecule has 1 aromatic carbocycles. The summed E-state index contributed by atoms with van der Waals surface area (Å²) in [5, 5.41) is 17.6. The van der Waals surface area contributed by atoms with E-state index in [0.29, 0.717) is 6.42 Å². The van der Waals surface area contributed by atoms with Gasteiger partial charge in [0.2, 0.25) is 10.0 Å². The summed E-state index contributed by atoms with van der Waals surface area (Å²) in [6.07, 6.45) is 0.498. The summed E-state index contributed by atoms with van der Waals surface area (Å²) < 4.78 is 26.3. The molecule has 7 heteroatoms. The van der Waals surface area contributed by atoms with E-state index >= 15 is 0 Å². The van der Waals surface area contributed by atoms with E-state index in [1.165, 1.54) is 18.2 Å². The van der Waals surface area contributed by atoms with Crippen molar-refractivity contribution < 1.29 is 23.4 Å². The molecule has 1 aromatic rings. The zero-order chi connectivity index (χ0) is 14.5. The van der Waals surface area contributed by atoms with Crippen LogP contribution in [0.2, 0.25) is 0 Å². The molecule has 1 atom stereocenters. The van der Waals surface area contributed by atoms with Crippen LogP contribution in [0.3, 0.4) is 0 Å². The van der Waals surface area contributed by atoms with E-state index in [4.69, 9.17) is 10.2 Å². The number of carboxylic acids is 1. The van der Waals surface area contributed by atoms with E-state index in [-0.39, 0.29) is 29.5 Å². The molecule has 6 nitrogen and oxygen atoms in total. The monoisotopic (exact) mass is 287 g/mol. The van der Waals surface area contributed by atoms with Gasteiger partial charge in [-0.1, -0.05) is 13.0 Å². The van der Waals surface area contributed by atoms with Crippen LogP contribution in [0.1, 0.15) is 23.7 Å². The number of aromatic carboxylic acids is 1. The predicted octanol–water partition coefficient (Wildman–Crippen LogP) is 0.682. The van der Waals surface area contributed by atoms with Gasteiger partial charge in [-0.25, -0.2) is 17.9 Å². The van der Waals surface area contributed by atoms with Gasteiger partial charge in [0.25, 0.3) is 0 Å². The number of benzene rings is 1. The van der Waals surface area contributed by atoms with Gasteiger partial charge in [-0.2, -0.15) is 0 Å². The molecule has 3 N–H and O–H groups in total. The van der Waals surface area contributed by atoms with Crippen molar-refractivity contribution in [2.45, 2.75) is 18.2 Å². The Kier molecular flexibility index (Phi) is 5.46. The first-order chi connectivity index (χ1) is 8.86. The summed E-state index contributed by atoms with van der Waals surface area (Å²) in [4.78, 5) is 10.7. The summed E-state index contributed by atoms with van der Waals surface area (Å²) >= 11 is 0. The highest BCUT2D eigenvalue weighted by Gasteiger charge is 2.16. The zero-order valence-electron chi connectivity index (χ0n) is 10.5. The van der Waals surface area contributed by atoms with Gasteiger partial charge in [0.05, 0.1) is 10.5 Å². The van der Waals surface area contributed by atoms with E-state index in [9.17, 15) is 13.2 Å². The molecule has 0 aliphatic heterocycles. The molecule has 0 aliphatic rings. The first-order valence-electron chi connectivity index (χ1n) is 5.80. The largest absolute Gasteiger partial charge is 0.478 e. The Morgan fingerprint density at radius 3 is 2.68 bits per heavy atom. The Hall–Kier alpha value is -1.44. The van der Waals surface area contributed by atoms with Crippen LogP contribution in [0.5, 0.6) is 0 Å². The van der Waals surface area contributed by atoms with E-state index in [1.54, 1.807) is 0 Å². The Labute approximate surface area is 112 Å². The lowest BCUT2D eigenvalue weighted by Crippen LogP contribution is -2.29. The van der Waals surface area contributed by atoms with Gasteiger partial charge < -0.3 is 10.2 Å². The van der Waals surface area contributed by atoms with Gasteiger partial charge in [-0.05, 0) is 30.5 Å². The summed E-state index contributed by atoms with van der Waals surface area (Å²) in [5.41, 5.74) is -0.0775. The number of hydrogen-bond acceptors (Lipinski definition) is 4. The van der Waals surface area contributed by atoms with Crippen LogP contribution < -0.4 is 4.72 Å². The van der Waals surface area contributed by atoms with Crippen LogP contribution in [0, 0.1) is 5.92 Å². The van der Waals surface area contributed by atoms with E-state index in [0.717, 1.165) is 6.07 Å². The molecular formula is C12H17NO5S. The lowest BCUT2D eigenvalue weighted by molar-refractivity contribution is 0.0696. The lowest BCUT2D eigenvalue weighted by atomic mass is 10.1. The minimum Gasteiger partial charge on any atom is -0.478 e. The van der Waals surface area contributed by atoms with Gasteiger partial charge in [0.1, 0.15) is 0 Å². The van der Waals surface area contributed by atoms with Crippen molar-refractivity contribution in [2.75, 3.05) is 13.2 Å². The minimum atomic E-state index is -3.72. The number of carbonyl (C=O) groups is 1. The Morgan fingerprint density at radius 1 is 1.42 bits per heavy atom. The van der Waals surface area contributed by atoms with Gasteiger partial charge >= 0.3 is 5.97 Å². The first-order valence-corrected chi connectivity index (χ1v) is 7.29. The van der Waals surface area contributed by atoms with Crippen LogP contribution in [-0.2, 0) is 10.0 Å². The SMILES string of the molecule is CC(CCO)CNS(=O)(=O)c1cccc(C(=O)O)c1. The average molecular weight is 287 g/mol. The van der Waals surface area contributed by atoms with Crippen LogP contribution in [0.25, 0.3) is 0 Å². The molecule has 0 saturated carbocycles. The molecule has 0 heterocycles. The maximum atomic E-state index is 11.9. The number of sulfonamides is 1. The van der Waals surface area contributed by atoms with Crippen LogP contribution in [-0.4, -0.2) is 37.8 Å². The molecule has 0 aromatic heterocycles. The molecule has 0 aliphatic carbocycles. The molecule has 0 amide bonds. The molecule has 1 unspecified atom stereocenters. The second-order valence-corrected chi connectivity index (χ2v) is 6.07. The van der Waals surface area contributed by atoms with Gasteiger partial charge in [-0.3, -0.25) is 0 Å². The summed E-state index contributed by atoms with van der Waals surface area (Å²) in [6.45, 7) is 2.00. The van der Waals surface area contributed by atoms with Crippen molar-refractivity contribution in [1.82, 2.24) is 4.72 Å². The number of hydrogen-bond donors (Lipinski definition) is 3. The van der Waals surface area contributed by atoms with Crippen molar-refractivity contribution in [3.8, 4) is 0 Å². The average Bonchev–Trinajstić information content (AvgIpc) is 2.37. The van der Waals surface area contributed by atoms with E-state index in [1.807, 2.05) is 6.92 Å². The Balaban J connectivity index is 2.83. The van der Waals surface area contributed by atoms with Gasteiger partial charge in [0.15, 0.2) is 0 Å². The molecular weight excluding hydrogens is 270 g/mol. The van der Waals surface area contributed by atoms with Crippen molar-refractivity contribution >= 4 is 16.0 Å². The maximum Gasteiger partial charge on any atom is 0.335 e. The van der Waals surface area contributed by atoms with Crippen LogP contribution in [0.4, 0.5) is 0 Å². The lowest BCUT2D eigenvalue weighted by Gasteiger charge is -2.12. The Bertz CT molecular complexity index is 541. The fraction of sp³-hybridized carbons (Fsp3) is 0.417. The molecule has 0 fully saturated rings. The summed E-state index contributed by atoms with van der Waals surface area (Å²) in [6, 6.07) is 5.16. The first kappa shape index (κ1) is 15.6. The standard InChI is InChI=1S/C12H17NO5S/c1-9(5-6-14)8-13-19(17,18)11-4-2-3-10(7-11)12(15)16/h2-4,7,9,13-14H,5-6,8H2,1H3,(H,15,16). The Morgan fingerprint density at radius 2 is 2.11 bits per heavy atom. The van der Waals surface area contributed by atoms with Crippen molar-refractivity contribution in [2.24, 2.45) is 5.92 Å². The summed E-state index contributed by atoms with van der Waals surface area (Å²) in [5.74, 6) is -1.17. The second kappa shape index (κ2) is 6.65. The third-order valence-electron chi connectivity index (χ3n) is 2.64. The molecule has 106 valence electrons. The highest BCUT2D eigenvalue weighted by Crippen LogP contribution is 2.12. The smallest absolute Gasteiger partial charge is 0.335 e. The fourth-order valence-electron chi connectivity index (χ4n) is 1.45. The molecule has 0 saturated heterocycles. The van der Waals surface area contributed by atoms with E-state index in [2.05, 4.69) is 4.72 Å². The van der Waals surface area contributed by atoms with E-state index < -0.39 is 16.0 Å². The quantitative estimate of drug-likeness (QED) is 0.684. The maximum absolute atomic E-state index is 11.9. The number of nitrogens with one attached hydrogen (secondary N) is 1. The highest BCUT2D eigenvalue weighted by molar-refractivity contribution is 7.89. The number of aliphatic hydroxyl groups excluding tert-OH is 1. The van der Waals surface area contributed by atoms with Crippen LogP contribution >= 0.6 is 0 Å². The number of rotatable bonds is 7. The third-order valence-corrected chi connectivity index (χ3v) is 4.06. The molecule has 0 spiro atoms. The van der Waals surface area contributed by atoms with Gasteiger partial charge in [-0.15, -0.1) is 0 Å². The summed E-state index contributed by atoms with van der Waals surface area (Å²) in [7, 11) is -3.72. The number of aliphatic hydroxyl groups is 1. The number of carboxylic acid groups (broad SMARTS) is 1. The highest BCUT2D eigenvalue weighted by atomic mass is 32.2. The fourth-order valence-corrected chi connectivity index (χ4v) is 2.66. The second-order valence-electron chi connectivity index (χ2n) is 4.30. The van der Waals surface area contributed by atoms with Crippen molar-refractivity contribution in [3.63, 3.8) is 0 Å². The van der Waals surface area contributed by atoms with Crippen LogP contribution in [0.15, 0.2) is 29.2 Å². The topological polar surface area (TPSA) is 104 Å². The molecule has 0 radical (unpaired) electrons. The third kappa shape index (κ3) is 4.62. The minimum absolute atomic E-state index is 0.00225. The predicted molar refractivity (Wildman–Crippen MR) is 69.5 cm³/mol.